The first kappa shape index (κ1) is 14.2. The summed E-state index contributed by atoms with van der Waals surface area (Å²) in [5, 5.41) is 10.7. The zero-order valence-electron chi connectivity index (χ0n) is 10.1. The van der Waals surface area contributed by atoms with Crippen molar-refractivity contribution in [1.29, 1.82) is 0 Å². The molecule has 18 heavy (non-hydrogen) atoms. The van der Waals surface area contributed by atoms with Gasteiger partial charge in [0.1, 0.15) is 5.02 Å². The molecule has 0 heterocycles. The van der Waals surface area contributed by atoms with Crippen molar-refractivity contribution in [3.8, 4) is 0 Å². The van der Waals surface area contributed by atoms with Crippen LogP contribution in [0.15, 0.2) is 30.4 Å². The van der Waals surface area contributed by atoms with Crippen LogP contribution in [-0.4, -0.2) is 29.3 Å². The first-order chi connectivity index (χ1) is 8.32. The molecule has 1 aromatic carbocycles. The molecule has 0 unspecified atom stereocenters. The van der Waals surface area contributed by atoms with Crippen molar-refractivity contribution in [2.45, 2.75) is 6.92 Å². The van der Waals surface area contributed by atoms with E-state index >= 15 is 0 Å². The first-order valence-corrected chi connectivity index (χ1v) is 5.54. The van der Waals surface area contributed by atoms with Gasteiger partial charge in [-0.05, 0) is 19.1 Å². The van der Waals surface area contributed by atoms with Gasteiger partial charge in [-0.3, -0.25) is 14.9 Å². The molecule has 0 saturated carbocycles. The van der Waals surface area contributed by atoms with E-state index in [1.807, 2.05) is 0 Å². The highest BCUT2D eigenvalue weighted by molar-refractivity contribution is 6.32. The summed E-state index contributed by atoms with van der Waals surface area (Å²) < 4.78 is 0. The van der Waals surface area contributed by atoms with Gasteiger partial charge in [-0.1, -0.05) is 23.8 Å². The third kappa shape index (κ3) is 3.30. The molecule has 1 amide bonds. The fraction of sp³-hybridized carbons (Fsp3) is 0.250. The molecule has 0 aliphatic rings. The van der Waals surface area contributed by atoms with E-state index in [0.29, 0.717) is 6.54 Å². The van der Waals surface area contributed by atoms with Crippen LogP contribution in [0.25, 0.3) is 0 Å². The van der Waals surface area contributed by atoms with Crippen molar-refractivity contribution in [2.75, 3.05) is 13.6 Å². The lowest BCUT2D eigenvalue weighted by molar-refractivity contribution is -0.384. The smallest absolute Gasteiger partial charge is 0.288 e. The molecule has 0 saturated heterocycles. The molecule has 96 valence electrons. The lowest BCUT2D eigenvalue weighted by Gasteiger charge is -2.17. The third-order valence-electron chi connectivity index (χ3n) is 2.24. The topological polar surface area (TPSA) is 63.5 Å². The summed E-state index contributed by atoms with van der Waals surface area (Å²) in [5.41, 5.74) is 0.787. The van der Waals surface area contributed by atoms with Gasteiger partial charge in [-0.25, -0.2) is 0 Å². The number of benzene rings is 1. The van der Waals surface area contributed by atoms with Crippen LogP contribution in [0, 0.1) is 10.1 Å². The van der Waals surface area contributed by atoms with Gasteiger partial charge < -0.3 is 4.90 Å². The number of nitro benzene ring substituents is 1. The lowest BCUT2D eigenvalue weighted by atomic mass is 10.1. The van der Waals surface area contributed by atoms with Gasteiger partial charge in [0, 0.05) is 25.2 Å². The van der Waals surface area contributed by atoms with Crippen LogP contribution in [0.2, 0.25) is 5.02 Å². The maximum Gasteiger partial charge on any atom is 0.288 e. The van der Waals surface area contributed by atoms with Gasteiger partial charge in [0.2, 0.25) is 0 Å². The highest BCUT2D eigenvalue weighted by Gasteiger charge is 2.18. The number of amides is 1. The van der Waals surface area contributed by atoms with E-state index in [9.17, 15) is 14.9 Å². The van der Waals surface area contributed by atoms with Gasteiger partial charge in [-0.15, -0.1) is 0 Å². The Kier molecular flexibility index (Phi) is 4.44. The Hall–Kier alpha value is -1.88. The van der Waals surface area contributed by atoms with Crippen LogP contribution >= 0.6 is 11.6 Å². The molecule has 0 atom stereocenters. The number of halogens is 1. The van der Waals surface area contributed by atoms with Gasteiger partial charge in [0.15, 0.2) is 0 Å². The molecular formula is C12H13ClN2O3. The molecule has 0 aliphatic heterocycles. The second-order valence-corrected chi connectivity index (χ2v) is 4.45. The molecular weight excluding hydrogens is 256 g/mol. The van der Waals surface area contributed by atoms with E-state index in [0.717, 1.165) is 5.57 Å². The van der Waals surface area contributed by atoms with Crippen LogP contribution in [-0.2, 0) is 0 Å². The summed E-state index contributed by atoms with van der Waals surface area (Å²) in [4.78, 5) is 23.5. The van der Waals surface area contributed by atoms with Crippen LogP contribution in [0.3, 0.4) is 0 Å². The van der Waals surface area contributed by atoms with E-state index < -0.39 is 4.92 Å². The predicted molar refractivity (Wildman–Crippen MR) is 69.9 cm³/mol. The van der Waals surface area contributed by atoms with Gasteiger partial charge >= 0.3 is 0 Å². The van der Waals surface area contributed by atoms with E-state index in [2.05, 4.69) is 6.58 Å². The largest absolute Gasteiger partial charge is 0.338 e. The fourth-order valence-corrected chi connectivity index (χ4v) is 1.67. The number of carbonyl (C=O) groups is 1. The molecule has 5 nitrogen and oxygen atoms in total. The average Bonchev–Trinajstić information content (AvgIpc) is 2.27. The van der Waals surface area contributed by atoms with E-state index in [1.54, 1.807) is 14.0 Å². The van der Waals surface area contributed by atoms with Crippen molar-refractivity contribution >= 4 is 23.2 Å². The first-order valence-electron chi connectivity index (χ1n) is 5.16. The van der Waals surface area contributed by atoms with E-state index in [-0.39, 0.29) is 22.2 Å². The normalized spacial score (nSPS) is 9.94. The van der Waals surface area contributed by atoms with Crippen LogP contribution in [0.1, 0.15) is 17.3 Å². The maximum atomic E-state index is 12.0. The predicted octanol–water partition coefficient (Wildman–Crippen LogP) is 2.90. The monoisotopic (exact) mass is 268 g/mol. The maximum absolute atomic E-state index is 12.0. The Bertz CT molecular complexity index is 514. The Morgan fingerprint density at radius 2 is 2.17 bits per heavy atom. The molecule has 6 heteroatoms. The molecule has 1 rings (SSSR count). The molecule has 0 N–H and O–H groups in total. The van der Waals surface area contributed by atoms with Crippen molar-refractivity contribution in [3.05, 3.63) is 51.1 Å². The summed E-state index contributed by atoms with van der Waals surface area (Å²) in [7, 11) is 1.61. The van der Waals surface area contributed by atoms with Crippen molar-refractivity contribution in [3.63, 3.8) is 0 Å². The summed E-state index contributed by atoms with van der Waals surface area (Å²) in [6.45, 7) is 5.91. The molecule has 0 bridgehead atoms. The molecule has 1 aromatic rings. The zero-order valence-corrected chi connectivity index (χ0v) is 10.9. The minimum Gasteiger partial charge on any atom is -0.338 e. The van der Waals surface area contributed by atoms with Crippen LogP contribution in [0.4, 0.5) is 5.69 Å². The number of nitro groups is 1. The third-order valence-corrected chi connectivity index (χ3v) is 2.56. The molecule has 0 radical (unpaired) electrons. The molecule has 0 aliphatic carbocycles. The summed E-state index contributed by atoms with van der Waals surface area (Å²) >= 11 is 5.68. The quantitative estimate of drug-likeness (QED) is 0.479. The average molecular weight is 269 g/mol. The molecule has 0 fully saturated rings. The SMILES string of the molecule is C=C(C)CN(C)C(=O)c1ccc(Cl)c([N+](=O)[O-])c1. The summed E-state index contributed by atoms with van der Waals surface area (Å²) in [6.07, 6.45) is 0. The van der Waals surface area contributed by atoms with Crippen molar-refractivity contribution < 1.29 is 9.72 Å². The van der Waals surface area contributed by atoms with Crippen LogP contribution in [0.5, 0.6) is 0 Å². The van der Waals surface area contributed by atoms with E-state index in [1.165, 1.54) is 23.1 Å². The Morgan fingerprint density at radius 1 is 1.56 bits per heavy atom. The lowest BCUT2D eigenvalue weighted by Crippen LogP contribution is -2.28. The number of rotatable bonds is 4. The fourth-order valence-electron chi connectivity index (χ4n) is 1.48. The minimum absolute atomic E-state index is 0.0131. The number of carbonyl (C=O) groups excluding carboxylic acids is 1. The van der Waals surface area contributed by atoms with Crippen molar-refractivity contribution in [1.82, 2.24) is 4.90 Å². The standard InChI is InChI=1S/C12H13ClN2O3/c1-8(2)7-14(3)12(16)9-4-5-10(13)11(6-9)15(17)18/h4-6H,1,7H2,2-3H3. The highest BCUT2D eigenvalue weighted by Crippen LogP contribution is 2.25. The van der Waals surface area contributed by atoms with Crippen molar-refractivity contribution in [2.24, 2.45) is 0 Å². The Morgan fingerprint density at radius 3 is 2.67 bits per heavy atom. The second-order valence-electron chi connectivity index (χ2n) is 4.04. The van der Waals surface area contributed by atoms with Crippen LogP contribution < -0.4 is 0 Å². The van der Waals surface area contributed by atoms with E-state index in [4.69, 9.17) is 11.6 Å². The number of likely N-dealkylation sites (N-methyl/N-ethyl adjacent to an activating group) is 1. The number of hydrogen-bond acceptors (Lipinski definition) is 3. The number of hydrogen-bond donors (Lipinski definition) is 0. The summed E-state index contributed by atoms with van der Waals surface area (Å²) in [5.74, 6) is -0.308. The summed E-state index contributed by atoms with van der Waals surface area (Å²) in [6, 6.07) is 3.99. The van der Waals surface area contributed by atoms with Gasteiger partial charge in [-0.2, -0.15) is 0 Å². The van der Waals surface area contributed by atoms with Gasteiger partial charge in [0.25, 0.3) is 11.6 Å². The number of nitrogens with zero attached hydrogens (tertiary/aromatic N) is 2. The Labute approximate surface area is 110 Å². The highest BCUT2D eigenvalue weighted by atomic mass is 35.5. The minimum atomic E-state index is -0.613. The molecule has 0 aromatic heterocycles. The van der Waals surface area contributed by atoms with Gasteiger partial charge in [0.05, 0.1) is 4.92 Å². The molecule has 0 spiro atoms. The Balaban J connectivity index is 3.03. The zero-order chi connectivity index (χ0) is 13.9. The second kappa shape index (κ2) is 5.64.